The van der Waals surface area contributed by atoms with Crippen molar-refractivity contribution in [1.29, 1.82) is 0 Å². The molecule has 0 aliphatic rings. The standard InChI is InChI=1S/C22H24F5N3O3S/c1-5-7-11-30(14(3)22(25,26)27)34(32,33)19-13-29(4)20(16(19)8-6-2)21(31)28-15-9-10-17(23)18(24)12-15/h5-6,8-10,12-14H,1,7,11H2,2-4H3,(H,28,31)/b8-6+. The van der Waals surface area contributed by atoms with E-state index in [9.17, 15) is 35.2 Å². The second-order valence-electron chi connectivity index (χ2n) is 7.36. The van der Waals surface area contributed by atoms with E-state index >= 15 is 0 Å². The molecule has 1 aromatic heterocycles. The molecule has 6 nitrogen and oxygen atoms in total. The van der Waals surface area contributed by atoms with Gasteiger partial charge in [-0.1, -0.05) is 18.2 Å². The van der Waals surface area contributed by atoms with Gasteiger partial charge < -0.3 is 9.88 Å². The summed E-state index contributed by atoms with van der Waals surface area (Å²) in [6.07, 6.45) is 0.158. The third-order valence-electron chi connectivity index (χ3n) is 4.96. The maximum Gasteiger partial charge on any atom is 0.404 e. The first-order valence-corrected chi connectivity index (χ1v) is 11.5. The molecule has 1 heterocycles. The Balaban J connectivity index is 2.61. The summed E-state index contributed by atoms with van der Waals surface area (Å²) >= 11 is 0. The van der Waals surface area contributed by atoms with Crippen LogP contribution in [0.3, 0.4) is 0 Å². The largest absolute Gasteiger partial charge is 0.404 e. The van der Waals surface area contributed by atoms with Gasteiger partial charge in [0.15, 0.2) is 11.6 Å². The number of rotatable bonds is 9. The molecule has 0 fully saturated rings. The average molecular weight is 506 g/mol. The third kappa shape index (κ3) is 5.73. The van der Waals surface area contributed by atoms with Crippen molar-refractivity contribution in [2.45, 2.75) is 37.4 Å². The number of aryl methyl sites for hydroxylation is 1. The van der Waals surface area contributed by atoms with Crippen molar-refractivity contribution >= 4 is 27.7 Å². The number of alkyl halides is 3. The summed E-state index contributed by atoms with van der Waals surface area (Å²) in [6, 6.07) is 0.310. The molecule has 0 bridgehead atoms. The monoisotopic (exact) mass is 505 g/mol. The van der Waals surface area contributed by atoms with Crippen LogP contribution in [0.25, 0.3) is 6.08 Å². The van der Waals surface area contributed by atoms with Gasteiger partial charge in [0.1, 0.15) is 16.6 Å². The van der Waals surface area contributed by atoms with E-state index in [4.69, 9.17) is 0 Å². The van der Waals surface area contributed by atoms with E-state index in [0.717, 1.165) is 35.9 Å². The Morgan fingerprint density at radius 1 is 1.26 bits per heavy atom. The lowest BCUT2D eigenvalue weighted by atomic mass is 10.2. The highest BCUT2D eigenvalue weighted by atomic mass is 32.2. The van der Waals surface area contributed by atoms with E-state index in [2.05, 4.69) is 11.9 Å². The first kappa shape index (κ1) is 27.3. The molecule has 0 saturated carbocycles. The van der Waals surface area contributed by atoms with Crippen molar-refractivity contribution in [2.24, 2.45) is 7.05 Å². The molecule has 0 spiro atoms. The SMILES string of the molecule is C=CCCN(C(C)C(F)(F)F)S(=O)(=O)c1cn(C)c(C(=O)Nc2ccc(F)c(F)c2)c1/C=C/C. The number of hydrogen-bond acceptors (Lipinski definition) is 3. The number of carbonyl (C=O) groups is 1. The Labute approximate surface area is 194 Å². The molecular formula is C22H24F5N3O3S. The maximum atomic E-state index is 13.5. The molecule has 0 saturated heterocycles. The zero-order valence-electron chi connectivity index (χ0n) is 18.7. The first-order chi connectivity index (χ1) is 15.7. The Kier molecular flexibility index (Phi) is 8.43. The van der Waals surface area contributed by atoms with Crippen molar-refractivity contribution in [3.05, 3.63) is 66.0 Å². The van der Waals surface area contributed by atoms with Crippen LogP contribution in [-0.2, 0) is 17.1 Å². The Hall–Kier alpha value is -2.99. The minimum absolute atomic E-state index is 0.0328. The number of sulfonamides is 1. The van der Waals surface area contributed by atoms with E-state index in [0.29, 0.717) is 4.31 Å². The molecule has 1 unspecified atom stereocenters. The van der Waals surface area contributed by atoms with Crippen LogP contribution >= 0.6 is 0 Å². The van der Waals surface area contributed by atoms with Crippen molar-refractivity contribution in [3.8, 4) is 0 Å². The van der Waals surface area contributed by atoms with Crippen LogP contribution in [0.1, 0.15) is 36.3 Å². The normalized spacial score (nSPS) is 13.4. The fourth-order valence-corrected chi connectivity index (χ4v) is 5.09. The lowest BCUT2D eigenvalue weighted by molar-refractivity contribution is -0.166. The van der Waals surface area contributed by atoms with Crippen LogP contribution < -0.4 is 5.32 Å². The molecule has 1 amide bonds. The summed E-state index contributed by atoms with van der Waals surface area (Å²) in [6.45, 7) is 5.22. The minimum atomic E-state index is -4.84. The number of nitrogens with zero attached hydrogens (tertiary/aromatic N) is 2. The number of aromatic nitrogens is 1. The van der Waals surface area contributed by atoms with Crippen LogP contribution in [-0.4, -0.2) is 42.0 Å². The van der Waals surface area contributed by atoms with Gasteiger partial charge in [0.05, 0.1) is 0 Å². The molecule has 34 heavy (non-hydrogen) atoms. The number of hydrogen-bond donors (Lipinski definition) is 1. The summed E-state index contributed by atoms with van der Waals surface area (Å²) in [5.74, 6) is -3.21. The van der Waals surface area contributed by atoms with Crippen LogP contribution in [0.4, 0.5) is 27.6 Å². The second kappa shape index (κ2) is 10.5. The van der Waals surface area contributed by atoms with E-state index < -0.39 is 51.2 Å². The van der Waals surface area contributed by atoms with Crippen LogP contribution in [0.5, 0.6) is 0 Å². The Morgan fingerprint density at radius 3 is 2.44 bits per heavy atom. The summed E-state index contributed by atoms with van der Waals surface area (Å²) < 4.78 is 95.3. The number of nitrogens with one attached hydrogen (secondary N) is 1. The summed E-state index contributed by atoms with van der Waals surface area (Å²) in [4.78, 5) is 12.4. The van der Waals surface area contributed by atoms with Crippen LogP contribution in [0.15, 0.2) is 48.0 Å². The molecule has 1 N–H and O–H groups in total. The molecule has 2 aromatic rings. The van der Waals surface area contributed by atoms with Crippen molar-refractivity contribution in [2.75, 3.05) is 11.9 Å². The number of anilines is 1. The fourth-order valence-electron chi connectivity index (χ4n) is 3.23. The molecule has 2 rings (SSSR count). The molecule has 12 heteroatoms. The highest BCUT2D eigenvalue weighted by molar-refractivity contribution is 7.89. The van der Waals surface area contributed by atoms with Gasteiger partial charge in [-0.25, -0.2) is 17.2 Å². The van der Waals surface area contributed by atoms with Gasteiger partial charge in [-0.15, -0.1) is 6.58 Å². The molecule has 1 aromatic carbocycles. The number of amides is 1. The van der Waals surface area contributed by atoms with Crippen molar-refractivity contribution < 1.29 is 35.2 Å². The summed E-state index contributed by atoms with van der Waals surface area (Å²) in [5.41, 5.74) is -0.452. The number of allylic oxidation sites excluding steroid dienone is 1. The van der Waals surface area contributed by atoms with Gasteiger partial charge in [0, 0.05) is 37.1 Å². The zero-order valence-corrected chi connectivity index (χ0v) is 19.5. The highest BCUT2D eigenvalue weighted by Crippen LogP contribution is 2.33. The van der Waals surface area contributed by atoms with Gasteiger partial charge in [0.25, 0.3) is 5.91 Å². The summed E-state index contributed by atoms with van der Waals surface area (Å²) in [7, 11) is -3.38. The zero-order chi connectivity index (χ0) is 25.8. The molecule has 186 valence electrons. The van der Waals surface area contributed by atoms with E-state index in [1.807, 2.05) is 0 Å². The smallest absolute Gasteiger partial charge is 0.345 e. The first-order valence-electron chi connectivity index (χ1n) is 10.0. The van der Waals surface area contributed by atoms with Gasteiger partial charge in [-0.05, 0) is 32.4 Å². The molecule has 0 radical (unpaired) electrons. The number of benzene rings is 1. The minimum Gasteiger partial charge on any atom is -0.345 e. The maximum absolute atomic E-state index is 13.5. The van der Waals surface area contributed by atoms with Gasteiger partial charge in [0.2, 0.25) is 10.0 Å². The fraction of sp³-hybridized carbons (Fsp3) is 0.318. The highest BCUT2D eigenvalue weighted by Gasteiger charge is 2.46. The third-order valence-corrected chi connectivity index (χ3v) is 6.95. The van der Waals surface area contributed by atoms with Gasteiger partial charge in [-0.2, -0.15) is 17.5 Å². The van der Waals surface area contributed by atoms with Crippen LogP contribution in [0.2, 0.25) is 0 Å². The Bertz CT molecular complexity index is 1200. The van der Waals surface area contributed by atoms with E-state index in [-0.39, 0.29) is 23.4 Å². The van der Waals surface area contributed by atoms with Gasteiger partial charge in [-0.3, -0.25) is 4.79 Å². The lowest BCUT2D eigenvalue weighted by Crippen LogP contribution is -2.47. The predicted molar refractivity (Wildman–Crippen MR) is 119 cm³/mol. The van der Waals surface area contributed by atoms with E-state index in [1.54, 1.807) is 0 Å². The molecule has 0 aliphatic heterocycles. The second-order valence-corrected chi connectivity index (χ2v) is 9.22. The number of halogens is 5. The molecular weight excluding hydrogens is 481 g/mol. The predicted octanol–water partition coefficient (Wildman–Crippen LogP) is 5.11. The van der Waals surface area contributed by atoms with Gasteiger partial charge >= 0.3 is 6.18 Å². The topological polar surface area (TPSA) is 71.4 Å². The van der Waals surface area contributed by atoms with Crippen LogP contribution in [0, 0.1) is 11.6 Å². The lowest BCUT2D eigenvalue weighted by Gasteiger charge is -2.29. The van der Waals surface area contributed by atoms with Crippen molar-refractivity contribution in [1.82, 2.24) is 8.87 Å². The molecule has 0 aliphatic carbocycles. The number of carbonyl (C=O) groups excluding carboxylic acids is 1. The quantitative estimate of drug-likeness (QED) is 0.381. The molecule has 1 atom stereocenters. The summed E-state index contributed by atoms with van der Waals surface area (Å²) in [5, 5.41) is 2.34. The average Bonchev–Trinajstić information content (AvgIpc) is 3.07. The van der Waals surface area contributed by atoms with Crippen molar-refractivity contribution in [3.63, 3.8) is 0 Å². The Morgan fingerprint density at radius 2 is 1.91 bits per heavy atom. The van der Waals surface area contributed by atoms with E-state index in [1.165, 1.54) is 32.2 Å².